The molecule has 0 saturated carbocycles. The van der Waals surface area contributed by atoms with Crippen LogP contribution in [0.1, 0.15) is 47.8 Å². The zero-order chi connectivity index (χ0) is 16.9. The van der Waals surface area contributed by atoms with Gasteiger partial charge in [0, 0.05) is 25.0 Å². The van der Waals surface area contributed by atoms with Crippen LogP contribution in [0, 0.1) is 6.92 Å². The van der Waals surface area contributed by atoms with E-state index in [9.17, 15) is 4.79 Å². The van der Waals surface area contributed by atoms with Crippen molar-refractivity contribution in [2.45, 2.75) is 39.5 Å². The number of hydrogen-bond donors (Lipinski definition) is 1. The van der Waals surface area contributed by atoms with E-state index in [2.05, 4.69) is 33.2 Å². The fourth-order valence-corrected chi connectivity index (χ4v) is 2.99. The molecule has 0 bridgehead atoms. The van der Waals surface area contributed by atoms with Gasteiger partial charge in [0.1, 0.15) is 0 Å². The number of rotatable bonds is 4. The summed E-state index contributed by atoms with van der Waals surface area (Å²) in [6.07, 6.45) is 6.21. The van der Waals surface area contributed by atoms with Gasteiger partial charge in [-0.3, -0.25) is 4.79 Å². The summed E-state index contributed by atoms with van der Waals surface area (Å²) in [5.41, 5.74) is 3.24. The van der Waals surface area contributed by atoms with E-state index in [1.807, 2.05) is 25.1 Å². The van der Waals surface area contributed by atoms with Crippen LogP contribution in [0.5, 0.6) is 0 Å². The van der Waals surface area contributed by atoms with Gasteiger partial charge in [0.2, 0.25) is 5.95 Å². The molecule has 24 heavy (non-hydrogen) atoms. The predicted molar refractivity (Wildman–Crippen MR) is 96.6 cm³/mol. The summed E-state index contributed by atoms with van der Waals surface area (Å²) in [6, 6.07) is 7.90. The fourth-order valence-electron chi connectivity index (χ4n) is 2.99. The third-order valence-corrected chi connectivity index (χ3v) is 4.44. The number of piperidine rings is 1. The van der Waals surface area contributed by atoms with Crippen molar-refractivity contribution in [3.8, 4) is 0 Å². The second kappa shape index (κ2) is 7.43. The highest BCUT2D eigenvalue weighted by atomic mass is 16.1. The second-order valence-electron chi connectivity index (χ2n) is 6.22. The SMILES string of the molecule is CCc1cccc(NC(=O)c2cnc(N3CCCCC3)nc2C)c1. The number of aryl methyl sites for hydroxylation is 2. The number of hydrogen-bond acceptors (Lipinski definition) is 4. The number of benzene rings is 1. The number of amides is 1. The van der Waals surface area contributed by atoms with Crippen molar-refractivity contribution < 1.29 is 4.79 Å². The van der Waals surface area contributed by atoms with Gasteiger partial charge >= 0.3 is 0 Å². The number of carbonyl (C=O) groups is 1. The van der Waals surface area contributed by atoms with E-state index in [4.69, 9.17) is 0 Å². The molecule has 0 aliphatic carbocycles. The highest BCUT2D eigenvalue weighted by Crippen LogP contribution is 2.18. The average molecular weight is 324 g/mol. The Morgan fingerprint density at radius 3 is 2.75 bits per heavy atom. The molecule has 2 heterocycles. The minimum atomic E-state index is -0.161. The number of anilines is 2. The van der Waals surface area contributed by atoms with E-state index in [1.165, 1.54) is 24.8 Å². The van der Waals surface area contributed by atoms with Gasteiger partial charge in [-0.1, -0.05) is 19.1 Å². The number of aromatic nitrogens is 2. The molecule has 1 fully saturated rings. The third kappa shape index (κ3) is 3.72. The Hall–Kier alpha value is -2.43. The lowest BCUT2D eigenvalue weighted by Crippen LogP contribution is -2.31. The van der Waals surface area contributed by atoms with Crippen molar-refractivity contribution in [1.29, 1.82) is 0 Å². The van der Waals surface area contributed by atoms with Crippen molar-refractivity contribution in [2.24, 2.45) is 0 Å². The molecule has 1 amide bonds. The van der Waals surface area contributed by atoms with E-state index in [1.54, 1.807) is 6.20 Å². The summed E-state index contributed by atoms with van der Waals surface area (Å²) in [4.78, 5) is 23.7. The van der Waals surface area contributed by atoms with Crippen molar-refractivity contribution in [3.63, 3.8) is 0 Å². The first-order valence-electron chi connectivity index (χ1n) is 8.66. The number of carbonyl (C=O) groups excluding carboxylic acids is 1. The highest BCUT2D eigenvalue weighted by Gasteiger charge is 2.17. The van der Waals surface area contributed by atoms with Crippen molar-refractivity contribution in [3.05, 3.63) is 47.3 Å². The second-order valence-corrected chi connectivity index (χ2v) is 6.22. The standard InChI is InChI=1S/C19H24N4O/c1-3-15-8-7-9-16(12-15)22-18(24)17-13-20-19(21-14(17)2)23-10-5-4-6-11-23/h7-9,12-13H,3-6,10-11H2,1-2H3,(H,22,24). The summed E-state index contributed by atoms with van der Waals surface area (Å²) in [5, 5.41) is 2.94. The van der Waals surface area contributed by atoms with Gasteiger partial charge < -0.3 is 10.2 Å². The first kappa shape index (κ1) is 16.4. The van der Waals surface area contributed by atoms with Gasteiger partial charge in [0.25, 0.3) is 5.91 Å². The lowest BCUT2D eigenvalue weighted by atomic mass is 10.1. The van der Waals surface area contributed by atoms with Gasteiger partial charge in [-0.05, 0) is 50.3 Å². The molecule has 1 aliphatic rings. The monoisotopic (exact) mass is 324 g/mol. The molecule has 1 aliphatic heterocycles. The molecule has 3 rings (SSSR count). The smallest absolute Gasteiger partial charge is 0.259 e. The van der Waals surface area contributed by atoms with Crippen molar-refractivity contribution >= 4 is 17.5 Å². The van der Waals surface area contributed by atoms with Gasteiger partial charge in [-0.2, -0.15) is 0 Å². The lowest BCUT2D eigenvalue weighted by molar-refractivity contribution is 0.102. The molecule has 0 atom stereocenters. The van der Waals surface area contributed by atoms with Crippen LogP contribution in [0.2, 0.25) is 0 Å². The molecular weight excluding hydrogens is 300 g/mol. The summed E-state index contributed by atoms with van der Waals surface area (Å²) in [7, 11) is 0. The molecule has 0 spiro atoms. The van der Waals surface area contributed by atoms with E-state index < -0.39 is 0 Å². The first-order chi connectivity index (χ1) is 11.7. The topological polar surface area (TPSA) is 58.1 Å². The molecule has 0 unspecified atom stereocenters. The predicted octanol–water partition coefficient (Wildman–Crippen LogP) is 3.59. The molecular formula is C19H24N4O. The molecule has 1 aromatic carbocycles. The highest BCUT2D eigenvalue weighted by molar-refractivity contribution is 6.04. The average Bonchev–Trinajstić information content (AvgIpc) is 2.62. The van der Waals surface area contributed by atoms with Crippen LogP contribution >= 0.6 is 0 Å². The number of nitrogens with zero attached hydrogens (tertiary/aromatic N) is 3. The van der Waals surface area contributed by atoms with Gasteiger partial charge in [0.15, 0.2) is 0 Å². The van der Waals surface area contributed by atoms with E-state index >= 15 is 0 Å². The van der Waals surface area contributed by atoms with E-state index in [0.717, 1.165) is 36.8 Å². The van der Waals surface area contributed by atoms with Crippen LogP contribution in [-0.2, 0) is 6.42 Å². The Morgan fingerprint density at radius 2 is 2.04 bits per heavy atom. The summed E-state index contributed by atoms with van der Waals surface area (Å²) < 4.78 is 0. The van der Waals surface area contributed by atoms with Crippen LogP contribution in [0.3, 0.4) is 0 Å². The molecule has 1 N–H and O–H groups in total. The molecule has 5 nitrogen and oxygen atoms in total. The largest absolute Gasteiger partial charge is 0.341 e. The van der Waals surface area contributed by atoms with E-state index in [-0.39, 0.29) is 5.91 Å². The zero-order valence-corrected chi connectivity index (χ0v) is 14.4. The minimum absolute atomic E-state index is 0.161. The molecule has 2 aromatic rings. The maximum Gasteiger partial charge on any atom is 0.259 e. The zero-order valence-electron chi connectivity index (χ0n) is 14.4. The normalized spacial score (nSPS) is 14.5. The molecule has 126 valence electrons. The van der Waals surface area contributed by atoms with Crippen molar-refractivity contribution in [2.75, 3.05) is 23.3 Å². The molecule has 1 aromatic heterocycles. The van der Waals surface area contributed by atoms with Crippen LogP contribution < -0.4 is 10.2 Å². The quantitative estimate of drug-likeness (QED) is 0.934. The minimum Gasteiger partial charge on any atom is -0.341 e. The third-order valence-electron chi connectivity index (χ3n) is 4.44. The fraction of sp³-hybridized carbons (Fsp3) is 0.421. The number of nitrogens with one attached hydrogen (secondary N) is 1. The summed E-state index contributed by atoms with van der Waals surface area (Å²) >= 11 is 0. The lowest BCUT2D eigenvalue weighted by Gasteiger charge is -2.26. The summed E-state index contributed by atoms with van der Waals surface area (Å²) in [5.74, 6) is 0.572. The Labute approximate surface area is 143 Å². The van der Waals surface area contributed by atoms with Crippen molar-refractivity contribution in [1.82, 2.24) is 9.97 Å². The van der Waals surface area contributed by atoms with Gasteiger partial charge in [-0.15, -0.1) is 0 Å². The van der Waals surface area contributed by atoms with Gasteiger partial charge in [-0.25, -0.2) is 9.97 Å². The maximum atomic E-state index is 12.5. The summed E-state index contributed by atoms with van der Waals surface area (Å²) in [6.45, 7) is 5.95. The Bertz CT molecular complexity index is 723. The van der Waals surface area contributed by atoms with Crippen LogP contribution in [0.25, 0.3) is 0 Å². The van der Waals surface area contributed by atoms with Crippen LogP contribution in [0.4, 0.5) is 11.6 Å². The van der Waals surface area contributed by atoms with Crippen LogP contribution in [-0.4, -0.2) is 29.0 Å². The van der Waals surface area contributed by atoms with Crippen LogP contribution in [0.15, 0.2) is 30.5 Å². The van der Waals surface area contributed by atoms with E-state index in [0.29, 0.717) is 5.56 Å². The van der Waals surface area contributed by atoms with Gasteiger partial charge in [0.05, 0.1) is 11.3 Å². The Morgan fingerprint density at radius 1 is 1.25 bits per heavy atom. The molecule has 1 saturated heterocycles. The first-order valence-corrected chi connectivity index (χ1v) is 8.66. The molecule has 0 radical (unpaired) electrons. The Kier molecular flexibility index (Phi) is 5.08. The maximum absolute atomic E-state index is 12.5. The Balaban J connectivity index is 1.74. The molecule has 5 heteroatoms.